The highest BCUT2D eigenvalue weighted by molar-refractivity contribution is 5.95. The van der Waals surface area contributed by atoms with Gasteiger partial charge in [0.05, 0.1) is 21.3 Å². The summed E-state index contributed by atoms with van der Waals surface area (Å²) < 4.78 is 16.4. The van der Waals surface area contributed by atoms with Crippen molar-refractivity contribution >= 4 is 11.9 Å². The molecule has 0 heterocycles. The zero-order valence-electron chi connectivity index (χ0n) is 24.3. The molecule has 0 aliphatic heterocycles. The minimum absolute atomic E-state index is 0.0794. The highest BCUT2D eigenvalue weighted by Gasteiger charge is 2.22. The molecule has 0 saturated heterocycles. The smallest absolute Gasteiger partial charge is 0.303 e. The monoisotopic (exact) mass is 567 g/mol. The van der Waals surface area contributed by atoms with Gasteiger partial charge in [0.25, 0.3) is 5.91 Å². The van der Waals surface area contributed by atoms with Gasteiger partial charge in [-0.25, -0.2) is 0 Å². The van der Waals surface area contributed by atoms with E-state index in [4.69, 9.17) is 19.3 Å². The molecule has 1 amide bonds. The Hall–Kier alpha value is -4.78. The van der Waals surface area contributed by atoms with Gasteiger partial charge in [-0.3, -0.25) is 9.59 Å². The van der Waals surface area contributed by atoms with E-state index in [1.807, 2.05) is 71.6 Å². The fraction of sp³-hybridized carbons (Fsp3) is 0.257. The second-order valence-corrected chi connectivity index (χ2v) is 9.98. The number of carboxylic acids is 1. The van der Waals surface area contributed by atoms with Crippen LogP contribution in [0.25, 0.3) is 11.1 Å². The number of aliphatic carboxylic acids is 1. The van der Waals surface area contributed by atoms with E-state index in [0.29, 0.717) is 42.3 Å². The maximum absolute atomic E-state index is 13.9. The quantitative estimate of drug-likeness (QED) is 0.183. The topological polar surface area (TPSA) is 85.3 Å². The molecule has 0 aromatic heterocycles. The Kier molecular flexibility index (Phi) is 10.6. The van der Waals surface area contributed by atoms with Crippen molar-refractivity contribution in [3.63, 3.8) is 0 Å². The summed E-state index contributed by atoms with van der Waals surface area (Å²) in [7, 11) is 4.60. The van der Waals surface area contributed by atoms with Gasteiger partial charge >= 0.3 is 5.97 Å². The summed E-state index contributed by atoms with van der Waals surface area (Å²) in [6.45, 7) is 0.982. The van der Waals surface area contributed by atoms with Crippen LogP contribution in [-0.4, -0.2) is 49.8 Å². The van der Waals surface area contributed by atoms with Crippen LogP contribution >= 0.6 is 0 Å². The maximum atomic E-state index is 13.9. The van der Waals surface area contributed by atoms with Crippen LogP contribution in [0.1, 0.15) is 39.9 Å². The van der Waals surface area contributed by atoms with Crippen LogP contribution in [0.2, 0.25) is 0 Å². The van der Waals surface area contributed by atoms with Crippen LogP contribution < -0.4 is 14.2 Å². The van der Waals surface area contributed by atoms with E-state index in [-0.39, 0.29) is 12.3 Å². The number of rotatable bonds is 14. The predicted molar refractivity (Wildman–Crippen MR) is 163 cm³/mol. The summed E-state index contributed by atoms with van der Waals surface area (Å²) >= 11 is 0. The van der Waals surface area contributed by atoms with Gasteiger partial charge in [0.15, 0.2) is 11.5 Å². The lowest BCUT2D eigenvalue weighted by atomic mass is 9.96. The number of hydrogen-bond acceptors (Lipinski definition) is 5. The van der Waals surface area contributed by atoms with Gasteiger partial charge in [0.1, 0.15) is 0 Å². The van der Waals surface area contributed by atoms with Gasteiger partial charge in [0.2, 0.25) is 5.75 Å². The SMILES string of the molecule is COc1cc(C(=O)N(CCCc2ccccc2)Cc2ccc(-c3ccccc3CCC(=O)O)cc2)cc(OC)c1OC. The van der Waals surface area contributed by atoms with Gasteiger partial charge < -0.3 is 24.2 Å². The Morgan fingerprint density at radius 1 is 0.738 bits per heavy atom. The minimum Gasteiger partial charge on any atom is -0.493 e. The van der Waals surface area contributed by atoms with Crippen molar-refractivity contribution in [2.24, 2.45) is 0 Å². The first-order chi connectivity index (χ1) is 20.4. The average molecular weight is 568 g/mol. The van der Waals surface area contributed by atoms with Gasteiger partial charge in [-0.2, -0.15) is 0 Å². The van der Waals surface area contributed by atoms with Crippen LogP contribution in [0.4, 0.5) is 0 Å². The van der Waals surface area contributed by atoms with Crippen molar-refractivity contribution in [1.29, 1.82) is 0 Å². The van der Waals surface area contributed by atoms with Crippen molar-refractivity contribution in [2.45, 2.75) is 32.2 Å². The third-order valence-corrected chi connectivity index (χ3v) is 7.20. The molecule has 0 bridgehead atoms. The second-order valence-electron chi connectivity index (χ2n) is 9.98. The molecule has 1 N–H and O–H groups in total. The molecule has 0 unspecified atom stereocenters. The van der Waals surface area contributed by atoms with Crippen LogP contribution in [0, 0.1) is 0 Å². The Labute approximate surface area is 247 Å². The van der Waals surface area contributed by atoms with Crippen molar-refractivity contribution < 1.29 is 28.9 Å². The number of ether oxygens (including phenoxy) is 3. The molecule has 42 heavy (non-hydrogen) atoms. The van der Waals surface area contributed by atoms with Crippen molar-refractivity contribution in [3.05, 3.63) is 113 Å². The first-order valence-electron chi connectivity index (χ1n) is 14.0. The molecule has 218 valence electrons. The fourth-order valence-corrected chi connectivity index (χ4v) is 5.03. The molecule has 0 saturated carbocycles. The largest absolute Gasteiger partial charge is 0.493 e. The zero-order chi connectivity index (χ0) is 29.9. The fourth-order valence-electron chi connectivity index (χ4n) is 5.03. The van der Waals surface area contributed by atoms with Crippen molar-refractivity contribution in [3.8, 4) is 28.4 Å². The number of carbonyl (C=O) groups is 2. The molecule has 4 rings (SSSR count). The molecule has 7 nitrogen and oxygen atoms in total. The lowest BCUT2D eigenvalue weighted by Crippen LogP contribution is -2.32. The van der Waals surface area contributed by atoms with Gasteiger partial charge in [-0.15, -0.1) is 0 Å². The normalized spacial score (nSPS) is 10.6. The lowest BCUT2D eigenvalue weighted by Gasteiger charge is -2.24. The summed E-state index contributed by atoms with van der Waals surface area (Å²) in [4.78, 5) is 26.9. The van der Waals surface area contributed by atoms with Crippen LogP contribution in [-0.2, 0) is 24.2 Å². The highest BCUT2D eigenvalue weighted by Crippen LogP contribution is 2.38. The van der Waals surface area contributed by atoms with E-state index in [2.05, 4.69) is 12.1 Å². The number of carboxylic acid groups (broad SMARTS) is 1. The maximum Gasteiger partial charge on any atom is 0.303 e. The second kappa shape index (κ2) is 14.7. The van der Waals surface area contributed by atoms with Crippen LogP contribution in [0.3, 0.4) is 0 Å². The molecule has 7 heteroatoms. The number of aryl methyl sites for hydroxylation is 2. The molecule has 0 atom stereocenters. The molecule has 0 radical (unpaired) electrons. The summed E-state index contributed by atoms with van der Waals surface area (Å²) in [5.41, 5.74) is 5.68. The number of hydrogen-bond donors (Lipinski definition) is 1. The van der Waals surface area contributed by atoms with Gasteiger partial charge in [0, 0.05) is 25.1 Å². The molecule has 0 aliphatic carbocycles. The van der Waals surface area contributed by atoms with E-state index in [9.17, 15) is 9.59 Å². The Morgan fingerprint density at radius 3 is 2.00 bits per heavy atom. The third kappa shape index (κ3) is 7.69. The van der Waals surface area contributed by atoms with Crippen LogP contribution in [0.5, 0.6) is 17.2 Å². The van der Waals surface area contributed by atoms with E-state index in [1.54, 1.807) is 12.1 Å². The lowest BCUT2D eigenvalue weighted by molar-refractivity contribution is -0.136. The number of amides is 1. The summed E-state index contributed by atoms with van der Waals surface area (Å²) in [6, 6.07) is 29.6. The first-order valence-corrected chi connectivity index (χ1v) is 14.0. The predicted octanol–water partition coefficient (Wildman–Crippen LogP) is 6.67. The Morgan fingerprint density at radius 2 is 1.38 bits per heavy atom. The van der Waals surface area contributed by atoms with E-state index in [0.717, 1.165) is 35.1 Å². The standard InChI is InChI=1S/C35H37NO6/c1-40-31-22-29(23-32(41-2)34(31)42-3)35(39)36(21-9-12-25-10-5-4-6-11-25)24-26-15-17-28(18-16-26)30-14-8-7-13-27(30)19-20-33(37)38/h4-8,10-11,13-18,22-23H,9,12,19-21,24H2,1-3H3,(H,37,38). The molecule has 0 fully saturated rings. The van der Waals surface area contributed by atoms with Crippen LogP contribution in [0.15, 0.2) is 91.0 Å². The number of methoxy groups -OCH3 is 3. The van der Waals surface area contributed by atoms with Crippen molar-refractivity contribution in [2.75, 3.05) is 27.9 Å². The summed E-state index contributed by atoms with van der Waals surface area (Å²) in [5.74, 6) is 0.340. The number of benzene rings is 4. The molecule has 4 aromatic rings. The van der Waals surface area contributed by atoms with Crippen molar-refractivity contribution in [1.82, 2.24) is 4.90 Å². The summed E-state index contributed by atoms with van der Waals surface area (Å²) in [5, 5.41) is 9.14. The Balaban J connectivity index is 1.58. The zero-order valence-corrected chi connectivity index (χ0v) is 24.3. The highest BCUT2D eigenvalue weighted by atomic mass is 16.5. The molecule has 4 aromatic carbocycles. The molecule has 0 aliphatic rings. The third-order valence-electron chi connectivity index (χ3n) is 7.20. The first kappa shape index (κ1) is 30.2. The van der Waals surface area contributed by atoms with Gasteiger partial charge in [-0.05, 0) is 59.2 Å². The average Bonchev–Trinajstić information content (AvgIpc) is 3.03. The van der Waals surface area contributed by atoms with E-state index < -0.39 is 5.97 Å². The molecular weight excluding hydrogens is 530 g/mol. The van der Waals surface area contributed by atoms with E-state index >= 15 is 0 Å². The van der Waals surface area contributed by atoms with E-state index in [1.165, 1.54) is 26.9 Å². The van der Waals surface area contributed by atoms with Gasteiger partial charge in [-0.1, -0.05) is 78.9 Å². The number of nitrogens with zero attached hydrogens (tertiary/aromatic N) is 1. The number of carbonyl (C=O) groups excluding carboxylic acids is 1. The molecular formula is C35H37NO6. The Bertz CT molecular complexity index is 1460. The molecule has 0 spiro atoms. The minimum atomic E-state index is -0.815. The summed E-state index contributed by atoms with van der Waals surface area (Å²) in [6.07, 6.45) is 2.20.